The molecular formula is C17H23N3O5S. The second-order valence-corrected chi connectivity index (χ2v) is 7.95. The minimum atomic E-state index is -3.91. The lowest BCUT2D eigenvalue weighted by Crippen LogP contribution is -2.29. The summed E-state index contributed by atoms with van der Waals surface area (Å²) in [5.74, 6) is -1.38. The van der Waals surface area contributed by atoms with E-state index in [1.165, 1.54) is 24.3 Å². The Hall–Kier alpha value is -2.42. The molecular weight excluding hydrogens is 358 g/mol. The van der Waals surface area contributed by atoms with Gasteiger partial charge in [0, 0.05) is 32.1 Å². The van der Waals surface area contributed by atoms with E-state index in [0.29, 0.717) is 18.8 Å². The molecule has 0 bridgehead atoms. The summed E-state index contributed by atoms with van der Waals surface area (Å²) >= 11 is 0. The van der Waals surface area contributed by atoms with Crippen molar-refractivity contribution in [2.24, 2.45) is 5.92 Å². The van der Waals surface area contributed by atoms with E-state index in [1.54, 1.807) is 4.90 Å². The number of nitrogens with zero attached hydrogens (tertiary/aromatic N) is 1. The molecule has 1 unspecified atom stereocenters. The highest BCUT2D eigenvalue weighted by atomic mass is 32.2. The molecule has 1 saturated heterocycles. The van der Waals surface area contributed by atoms with Gasteiger partial charge in [0.15, 0.2) is 0 Å². The molecule has 1 aliphatic rings. The van der Waals surface area contributed by atoms with Crippen LogP contribution in [0.5, 0.6) is 0 Å². The summed E-state index contributed by atoms with van der Waals surface area (Å²) < 4.78 is 25.6. The first-order valence-corrected chi connectivity index (χ1v) is 9.93. The zero-order valence-electron chi connectivity index (χ0n) is 14.8. The first-order chi connectivity index (χ1) is 12.2. The summed E-state index contributed by atoms with van der Waals surface area (Å²) in [5, 5.41) is 2.70. The third kappa shape index (κ3) is 5.04. The van der Waals surface area contributed by atoms with E-state index in [0.717, 1.165) is 19.8 Å². The van der Waals surface area contributed by atoms with Gasteiger partial charge in [-0.25, -0.2) is 13.1 Å². The predicted molar refractivity (Wildman–Crippen MR) is 95.7 cm³/mol. The molecule has 1 fully saturated rings. The number of hydrogen-bond donors (Lipinski definition) is 2. The molecule has 0 aromatic heterocycles. The van der Waals surface area contributed by atoms with Crippen molar-refractivity contribution in [1.82, 2.24) is 9.62 Å². The highest BCUT2D eigenvalue weighted by Gasteiger charge is 2.33. The van der Waals surface area contributed by atoms with E-state index in [4.69, 9.17) is 0 Å². The van der Waals surface area contributed by atoms with Crippen molar-refractivity contribution in [2.75, 3.05) is 18.4 Å². The van der Waals surface area contributed by atoms with E-state index in [2.05, 4.69) is 5.32 Å². The lowest BCUT2D eigenvalue weighted by atomic mass is 10.1. The Bertz CT molecular complexity index is 789. The summed E-state index contributed by atoms with van der Waals surface area (Å²) in [6.07, 6.45) is 2.07. The van der Waals surface area contributed by atoms with Gasteiger partial charge in [0.05, 0.1) is 10.8 Å². The number of sulfonamides is 1. The van der Waals surface area contributed by atoms with Crippen molar-refractivity contribution in [2.45, 2.75) is 38.0 Å². The first-order valence-electron chi connectivity index (χ1n) is 8.45. The Morgan fingerprint density at radius 3 is 2.46 bits per heavy atom. The highest BCUT2D eigenvalue weighted by Crippen LogP contribution is 2.21. The van der Waals surface area contributed by atoms with Crippen molar-refractivity contribution in [3.63, 3.8) is 0 Å². The van der Waals surface area contributed by atoms with Crippen LogP contribution in [0, 0.1) is 5.92 Å². The van der Waals surface area contributed by atoms with Crippen LogP contribution in [0.15, 0.2) is 29.2 Å². The number of rotatable bonds is 7. The Morgan fingerprint density at radius 2 is 1.88 bits per heavy atom. The molecule has 9 heteroatoms. The fourth-order valence-corrected chi connectivity index (χ4v) is 3.71. The van der Waals surface area contributed by atoms with Crippen LogP contribution in [-0.2, 0) is 24.4 Å². The normalized spacial score (nSPS) is 17.2. The van der Waals surface area contributed by atoms with Crippen LogP contribution in [0.1, 0.15) is 33.1 Å². The van der Waals surface area contributed by atoms with Crippen LogP contribution in [-0.4, -0.2) is 44.1 Å². The third-order valence-corrected chi connectivity index (χ3v) is 5.53. The number of carbonyl (C=O) groups excluding carboxylic acids is 3. The summed E-state index contributed by atoms with van der Waals surface area (Å²) in [6, 6.07) is 5.49. The quantitative estimate of drug-likeness (QED) is 0.734. The van der Waals surface area contributed by atoms with Crippen molar-refractivity contribution in [1.29, 1.82) is 0 Å². The van der Waals surface area contributed by atoms with Crippen molar-refractivity contribution < 1.29 is 22.8 Å². The van der Waals surface area contributed by atoms with Gasteiger partial charge < -0.3 is 10.2 Å². The summed E-state index contributed by atoms with van der Waals surface area (Å²) in [5.41, 5.74) is 0.427. The Kier molecular flexibility index (Phi) is 6.36. The van der Waals surface area contributed by atoms with Crippen molar-refractivity contribution in [3.05, 3.63) is 24.3 Å². The number of carbonyl (C=O) groups is 3. The van der Waals surface area contributed by atoms with Crippen LogP contribution in [0.25, 0.3) is 0 Å². The zero-order chi connectivity index (χ0) is 19.3. The average Bonchev–Trinajstić information content (AvgIpc) is 2.93. The molecule has 1 aromatic carbocycles. The molecule has 26 heavy (non-hydrogen) atoms. The number of anilines is 1. The summed E-state index contributed by atoms with van der Waals surface area (Å²) in [4.78, 5) is 36.8. The minimum absolute atomic E-state index is 0.0182. The van der Waals surface area contributed by atoms with Crippen LogP contribution in [0.4, 0.5) is 5.69 Å². The molecule has 2 N–H and O–H groups in total. The van der Waals surface area contributed by atoms with Gasteiger partial charge in [-0.3, -0.25) is 14.4 Å². The molecule has 0 radical (unpaired) electrons. The van der Waals surface area contributed by atoms with Crippen LogP contribution >= 0.6 is 0 Å². The molecule has 0 saturated carbocycles. The number of hydrogen-bond acceptors (Lipinski definition) is 5. The average molecular weight is 381 g/mol. The Balaban J connectivity index is 1.98. The third-order valence-electron chi connectivity index (χ3n) is 4.08. The zero-order valence-corrected chi connectivity index (χ0v) is 15.6. The number of unbranched alkanes of at least 4 members (excludes halogenated alkanes) is 1. The van der Waals surface area contributed by atoms with Gasteiger partial charge in [-0.05, 0) is 30.7 Å². The maximum absolute atomic E-state index is 12.3. The second-order valence-electron chi connectivity index (χ2n) is 6.27. The van der Waals surface area contributed by atoms with Gasteiger partial charge in [0.2, 0.25) is 17.7 Å². The molecule has 1 atom stereocenters. The lowest BCUT2D eigenvalue weighted by Gasteiger charge is -2.16. The van der Waals surface area contributed by atoms with Gasteiger partial charge in [-0.15, -0.1) is 0 Å². The number of amides is 3. The van der Waals surface area contributed by atoms with E-state index in [9.17, 15) is 22.8 Å². The summed E-state index contributed by atoms with van der Waals surface area (Å²) in [6.45, 7) is 4.22. The minimum Gasteiger partial charge on any atom is -0.342 e. The molecule has 1 aromatic rings. The highest BCUT2D eigenvalue weighted by molar-refractivity contribution is 7.90. The fourth-order valence-electron chi connectivity index (χ4n) is 2.72. The first kappa shape index (κ1) is 19.9. The fraction of sp³-hybridized carbons (Fsp3) is 0.471. The van der Waals surface area contributed by atoms with Gasteiger partial charge in [0.25, 0.3) is 10.0 Å². The molecule has 1 aliphatic heterocycles. The van der Waals surface area contributed by atoms with Crippen molar-refractivity contribution >= 4 is 33.4 Å². The Morgan fingerprint density at radius 1 is 1.23 bits per heavy atom. The smallest absolute Gasteiger partial charge is 0.264 e. The maximum atomic E-state index is 12.3. The molecule has 142 valence electrons. The van der Waals surface area contributed by atoms with E-state index >= 15 is 0 Å². The van der Waals surface area contributed by atoms with Crippen LogP contribution in [0.2, 0.25) is 0 Å². The molecule has 8 nitrogen and oxygen atoms in total. The molecule has 0 spiro atoms. The van der Waals surface area contributed by atoms with Crippen LogP contribution < -0.4 is 10.0 Å². The van der Waals surface area contributed by atoms with Crippen LogP contribution in [0.3, 0.4) is 0 Å². The number of likely N-dealkylation sites (tertiary alicyclic amines) is 1. The summed E-state index contributed by atoms with van der Waals surface area (Å²) in [7, 11) is -3.91. The van der Waals surface area contributed by atoms with E-state index in [1.807, 2.05) is 11.6 Å². The maximum Gasteiger partial charge on any atom is 0.264 e. The van der Waals surface area contributed by atoms with Crippen molar-refractivity contribution in [3.8, 4) is 0 Å². The van der Waals surface area contributed by atoms with Gasteiger partial charge in [-0.1, -0.05) is 13.3 Å². The number of benzene rings is 1. The predicted octanol–water partition coefficient (Wildman–Crippen LogP) is 1.10. The van der Waals surface area contributed by atoms with E-state index < -0.39 is 21.8 Å². The van der Waals surface area contributed by atoms with Gasteiger partial charge in [-0.2, -0.15) is 0 Å². The molecule has 0 aliphatic carbocycles. The van der Waals surface area contributed by atoms with Gasteiger partial charge in [0.1, 0.15) is 0 Å². The van der Waals surface area contributed by atoms with Gasteiger partial charge >= 0.3 is 0 Å². The van der Waals surface area contributed by atoms with E-state index in [-0.39, 0.29) is 23.1 Å². The second kappa shape index (κ2) is 8.31. The Labute approximate surface area is 153 Å². The standard InChI is InChI=1S/C17H23N3O5S/c1-3-4-9-20-11-13(10-16(20)22)17(23)18-14-5-7-15(8-6-14)26(24,25)19-12(2)21/h5-8,13H,3-4,9-11H2,1-2H3,(H,18,23)(H,19,21). The monoisotopic (exact) mass is 381 g/mol. The molecule has 3 amide bonds. The largest absolute Gasteiger partial charge is 0.342 e. The topological polar surface area (TPSA) is 113 Å². The molecule has 2 rings (SSSR count). The SMILES string of the molecule is CCCCN1CC(C(=O)Nc2ccc(S(=O)(=O)NC(C)=O)cc2)CC1=O. The number of nitrogens with one attached hydrogen (secondary N) is 2. The molecule has 1 heterocycles. The lowest BCUT2D eigenvalue weighted by molar-refractivity contribution is -0.128.